The standard InChI is InChI=1S/C27H24NOP/c1-22(23-14-6-2-7-15-23)28-27(24-16-8-3-9-17-24)30(29,25-18-10-4-11-19-25)26-20-12-5-13-21-26/h2-22H,1H3. The summed E-state index contributed by atoms with van der Waals surface area (Å²) in [7, 11) is -3.18. The van der Waals surface area contributed by atoms with Gasteiger partial charge in [-0.3, -0.25) is 4.99 Å². The first-order chi connectivity index (χ1) is 14.7. The number of hydrogen-bond donors (Lipinski definition) is 0. The maximum Gasteiger partial charge on any atom is 0.188 e. The molecule has 0 aromatic heterocycles. The van der Waals surface area contributed by atoms with Crippen molar-refractivity contribution >= 4 is 23.2 Å². The topological polar surface area (TPSA) is 29.4 Å². The van der Waals surface area contributed by atoms with Gasteiger partial charge in [-0.1, -0.05) is 121 Å². The predicted octanol–water partition coefficient (Wildman–Crippen LogP) is 6.21. The van der Waals surface area contributed by atoms with Gasteiger partial charge in [0.05, 0.1) is 6.04 Å². The molecular formula is C27H24NOP. The molecule has 0 amide bonds. The van der Waals surface area contributed by atoms with E-state index in [9.17, 15) is 4.57 Å². The van der Waals surface area contributed by atoms with Gasteiger partial charge in [0.2, 0.25) is 0 Å². The van der Waals surface area contributed by atoms with E-state index in [1.54, 1.807) is 0 Å². The Morgan fingerprint density at radius 3 is 1.50 bits per heavy atom. The highest BCUT2D eigenvalue weighted by Gasteiger charge is 2.34. The first-order valence-corrected chi connectivity index (χ1v) is 11.8. The van der Waals surface area contributed by atoms with Crippen LogP contribution >= 0.6 is 7.14 Å². The molecule has 0 radical (unpaired) electrons. The van der Waals surface area contributed by atoms with Crippen LogP contribution in [0.5, 0.6) is 0 Å². The van der Waals surface area contributed by atoms with Crippen molar-refractivity contribution < 1.29 is 4.57 Å². The summed E-state index contributed by atoms with van der Waals surface area (Å²) in [6.07, 6.45) is 0. The highest BCUT2D eigenvalue weighted by molar-refractivity contribution is 7.93. The first kappa shape index (κ1) is 20.1. The van der Waals surface area contributed by atoms with Crippen molar-refractivity contribution in [2.24, 2.45) is 4.99 Å². The Hall–Kier alpha value is -3.22. The molecule has 148 valence electrons. The van der Waals surface area contributed by atoms with Gasteiger partial charge in [0.15, 0.2) is 7.14 Å². The molecule has 0 fully saturated rings. The van der Waals surface area contributed by atoms with Gasteiger partial charge in [-0.15, -0.1) is 0 Å². The summed E-state index contributed by atoms with van der Waals surface area (Å²) < 4.78 is 15.0. The van der Waals surface area contributed by atoms with Gasteiger partial charge in [0.1, 0.15) is 5.45 Å². The Kier molecular flexibility index (Phi) is 6.07. The number of nitrogens with zero attached hydrogens (tertiary/aromatic N) is 1. The van der Waals surface area contributed by atoms with Gasteiger partial charge in [-0.05, 0) is 12.5 Å². The van der Waals surface area contributed by atoms with Crippen LogP contribution in [-0.2, 0) is 4.57 Å². The normalized spacial score (nSPS) is 13.0. The highest BCUT2D eigenvalue weighted by atomic mass is 31.2. The van der Waals surface area contributed by atoms with E-state index in [0.29, 0.717) is 5.45 Å². The van der Waals surface area contributed by atoms with Crippen LogP contribution in [0.15, 0.2) is 126 Å². The third-order valence-corrected chi connectivity index (χ3v) is 8.19. The Morgan fingerprint density at radius 1 is 0.633 bits per heavy atom. The zero-order valence-electron chi connectivity index (χ0n) is 16.9. The van der Waals surface area contributed by atoms with Crippen molar-refractivity contribution in [3.8, 4) is 0 Å². The summed E-state index contributed by atoms with van der Waals surface area (Å²) in [4.78, 5) is 5.10. The SMILES string of the molecule is CC(N=C(c1ccccc1)P(=O)(c1ccccc1)c1ccccc1)c1ccccc1. The lowest BCUT2D eigenvalue weighted by molar-refractivity contribution is 0.593. The second-order valence-electron chi connectivity index (χ2n) is 7.19. The minimum Gasteiger partial charge on any atom is -0.307 e. The average molecular weight is 409 g/mol. The smallest absolute Gasteiger partial charge is 0.188 e. The maximum absolute atomic E-state index is 15.0. The molecule has 1 atom stereocenters. The van der Waals surface area contributed by atoms with Crippen molar-refractivity contribution in [3.05, 3.63) is 132 Å². The number of benzene rings is 4. The number of aliphatic imine (C=N–C) groups is 1. The van der Waals surface area contributed by atoms with Crippen LogP contribution in [0.25, 0.3) is 0 Å². The van der Waals surface area contributed by atoms with E-state index >= 15 is 0 Å². The number of rotatable bonds is 6. The molecule has 0 aliphatic rings. The van der Waals surface area contributed by atoms with Crippen LogP contribution in [0, 0.1) is 0 Å². The summed E-state index contributed by atoms with van der Waals surface area (Å²) in [6.45, 7) is 2.05. The maximum atomic E-state index is 15.0. The van der Waals surface area contributed by atoms with Crippen molar-refractivity contribution in [2.75, 3.05) is 0 Å². The van der Waals surface area contributed by atoms with E-state index < -0.39 is 7.14 Å². The van der Waals surface area contributed by atoms with Crippen LogP contribution in [0.2, 0.25) is 0 Å². The molecule has 0 heterocycles. The van der Waals surface area contributed by atoms with E-state index in [-0.39, 0.29) is 6.04 Å². The molecule has 1 unspecified atom stereocenters. The van der Waals surface area contributed by atoms with Crippen molar-refractivity contribution in [3.63, 3.8) is 0 Å². The van der Waals surface area contributed by atoms with Crippen LogP contribution < -0.4 is 10.6 Å². The molecule has 0 saturated carbocycles. The van der Waals surface area contributed by atoms with Crippen LogP contribution in [0.3, 0.4) is 0 Å². The summed E-state index contributed by atoms with van der Waals surface area (Å²) in [5.41, 5.74) is 2.62. The lowest BCUT2D eigenvalue weighted by atomic mass is 10.1. The molecule has 3 heteroatoms. The van der Waals surface area contributed by atoms with Crippen LogP contribution in [-0.4, -0.2) is 5.45 Å². The van der Waals surface area contributed by atoms with Crippen molar-refractivity contribution in [1.29, 1.82) is 0 Å². The van der Waals surface area contributed by atoms with Gasteiger partial charge < -0.3 is 4.57 Å². The fraction of sp³-hybridized carbons (Fsp3) is 0.0741. The lowest BCUT2D eigenvalue weighted by Crippen LogP contribution is -2.23. The fourth-order valence-electron chi connectivity index (χ4n) is 3.58. The van der Waals surface area contributed by atoms with Gasteiger partial charge in [0, 0.05) is 16.2 Å². The Bertz CT molecular complexity index is 1110. The zero-order chi connectivity index (χ0) is 20.8. The van der Waals surface area contributed by atoms with E-state index in [1.165, 1.54) is 0 Å². The molecule has 0 N–H and O–H groups in total. The Balaban J connectivity index is 1.98. The second kappa shape index (κ2) is 9.07. The monoisotopic (exact) mass is 409 g/mol. The third kappa shape index (κ3) is 4.06. The van der Waals surface area contributed by atoms with Gasteiger partial charge in [-0.25, -0.2) is 0 Å². The summed E-state index contributed by atoms with van der Waals surface area (Å²) in [5.74, 6) is 0. The molecule has 4 aromatic carbocycles. The van der Waals surface area contributed by atoms with Crippen LogP contribution in [0.1, 0.15) is 24.1 Å². The minimum atomic E-state index is -3.18. The Labute approximate surface area is 178 Å². The molecule has 4 rings (SSSR count). The summed E-state index contributed by atoms with van der Waals surface area (Å²) in [6, 6.07) is 39.4. The van der Waals surface area contributed by atoms with Crippen molar-refractivity contribution in [1.82, 2.24) is 0 Å². The highest BCUT2D eigenvalue weighted by Crippen LogP contribution is 2.48. The first-order valence-electron chi connectivity index (χ1n) is 10.1. The third-order valence-electron chi connectivity index (χ3n) is 5.17. The molecule has 0 saturated heterocycles. The fourth-order valence-corrected chi connectivity index (χ4v) is 6.40. The predicted molar refractivity (Wildman–Crippen MR) is 128 cm³/mol. The molecule has 0 bridgehead atoms. The summed E-state index contributed by atoms with van der Waals surface area (Å²) in [5, 5.41) is 1.58. The summed E-state index contributed by atoms with van der Waals surface area (Å²) >= 11 is 0. The molecule has 0 aliphatic heterocycles. The van der Waals surface area contributed by atoms with Crippen LogP contribution in [0.4, 0.5) is 0 Å². The van der Waals surface area contributed by atoms with E-state index in [1.807, 2.05) is 109 Å². The molecule has 30 heavy (non-hydrogen) atoms. The average Bonchev–Trinajstić information content (AvgIpc) is 2.84. The Morgan fingerprint density at radius 2 is 1.03 bits per heavy atom. The van der Waals surface area contributed by atoms with E-state index in [2.05, 4.69) is 19.1 Å². The lowest BCUT2D eigenvalue weighted by Gasteiger charge is -2.23. The van der Waals surface area contributed by atoms with E-state index in [0.717, 1.165) is 21.7 Å². The largest absolute Gasteiger partial charge is 0.307 e. The quantitative estimate of drug-likeness (QED) is 0.275. The zero-order valence-corrected chi connectivity index (χ0v) is 17.8. The van der Waals surface area contributed by atoms with Crippen molar-refractivity contribution in [2.45, 2.75) is 13.0 Å². The second-order valence-corrected chi connectivity index (χ2v) is 9.86. The molecule has 0 aliphatic carbocycles. The molecular weight excluding hydrogens is 385 g/mol. The molecule has 0 spiro atoms. The molecule has 2 nitrogen and oxygen atoms in total. The van der Waals surface area contributed by atoms with E-state index in [4.69, 9.17) is 4.99 Å². The minimum absolute atomic E-state index is 0.123. The van der Waals surface area contributed by atoms with Gasteiger partial charge >= 0.3 is 0 Å². The number of hydrogen-bond acceptors (Lipinski definition) is 2. The van der Waals surface area contributed by atoms with Gasteiger partial charge in [0.25, 0.3) is 0 Å². The van der Waals surface area contributed by atoms with Gasteiger partial charge in [-0.2, -0.15) is 0 Å². The molecule has 4 aromatic rings.